The van der Waals surface area contributed by atoms with Crippen LogP contribution in [-0.2, 0) is 23.1 Å². The molecule has 0 aliphatic rings. The zero-order valence-electron chi connectivity index (χ0n) is 19.3. The first-order chi connectivity index (χ1) is 16.9. The Hall–Kier alpha value is -3.69. The maximum absolute atomic E-state index is 13.9. The summed E-state index contributed by atoms with van der Waals surface area (Å²) >= 11 is 0. The SMILES string of the molecule is COc1cc2nccc(Oc3ccc(S(=O)(=O)NCCc4ccccc4)cc3CF)c2cc1OC. The molecule has 3 aromatic carbocycles. The average molecular weight is 497 g/mol. The minimum Gasteiger partial charge on any atom is -0.493 e. The number of pyridine rings is 1. The molecule has 35 heavy (non-hydrogen) atoms. The van der Waals surface area contributed by atoms with Gasteiger partial charge in [-0.2, -0.15) is 0 Å². The second kappa shape index (κ2) is 10.7. The monoisotopic (exact) mass is 496 g/mol. The number of nitrogens with one attached hydrogen (secondary N) is 1. The molecule has 0 bridgehead atoms. The molecule has 1 aromatic heterocycles. The maximum atomic E-state index is 13.9. The molecule has 0 radical (unpaired) electrons. The minimum atomic E-state index is -3.82. The summed E-state index contributed by atoms with van der Waals surface area (Å²) < 4.78 is 58.7. The summed E-state index contributed by atoms with van der Waals surface area (Å²) in [6.07, 6.45) is 2.11. The van der Waals surface area contributed by atoms with Crippen molar-refractivity contribution in [2.45, 2.75) is 18.0 Å². The summed E-state index contributed by atoms with van der Waals surface area (Å²) in [7, 11) is -0.763. The number of alkyl halides is 1. The largest absolute Gasteiger partial charge is 0.493 e. The van der Waals surface area contributed by atoms with Gasteiger partial charge in [-0.15, -0.1) is 0 Å². The number of hydrogen-bond acceptors (Lipinski definition) is 6. The summed E-state index contributed by atoms with van der Waals surface area (Å²) in [5, 5.41) is 0.634. The highest BCUT2D eigenvalue weighted by Crippen LogP contribution is 2.38. The first-order valence-corrected chi connectivity index (χ1v) is 12.3. The van der Waals surface area contributed by atoms with Gasteiger partial charge in [-0.1, -0.05) is 30.3 Å². The molecule has 0 atom stereocenters. The van der Waals surface area contributed by atoms with Gasteiger partial charge in [0, 0.05) is 29.8 Å². The summed E-state index contributed by atoms with van der Waals surface area (Å²) in [5.41, 5.74) is 1.73. The van der Waals surface area contributed by atoms with E-state index in [1.165, 1.54) is 32.4 Å². The fourth-order valence-electron chi connectivity index (χ4n) is 3.64. The molecule has 9 heteroatoms. The Morgan fingerprint density at radius 3 is 2.34 bits per heavy atom. The Labute approximate surface area is 203 Å². The Morgan fingerprint density at radius 1 is 0.886 bits per heavy atom. The van der Waals surface area contributed by atoms with Gasteiger partial charge in [-0.3, -0.25) is 4.98 Å². The van der Waals surface area contributed by atoms with Crippen molar-refractivity contribution in [1.29, 1.82) is 0 Å². The molecule has 4 aromatic rings. The number of nitrogens with zero attached hydrogens (tertiary/aromatic N) is 1. The number of halogens is 1. The van der Waals surface area contributed by atoms with Crippen LogP contribution < -0.4 is 18.9 Å². The van der Waals surface area contributed by atoms with E-state index in [0.717, 1.165) is 5.56 Å². The molecule has 1 N–H and O–H groups in total. The van der Waals surface area contributed by atoms with Gasteiger partial charge in [0.1, 0.15) is 18.2 Å². The second-order valence-electron chi connectivity index (χ2n) is 7.67. The van der Waals surface area contributed by atoms with Gasteiger partial charge >= 0.3 is 0 Å². The van der Waals surface area contributed by atoms with Crippen LogP contribution in [0.5, 0.6) is 23.0 Å². The third kappa shape index (κ3) is 5.52. The predicted octanol–water partition coefficient (Wildman–Crippen LogP) is 5.03. The Morgan fingerprint density at radius 2 is 1.63 bits per heavy atom. The molecule has 0 saturated heterocycles. The standard InChI is InChI=1S/C26H25FN2O5S/c1-32-25-15-21-22(16-26(25)33-2)28-12-11-24(21)34-23-9-8-20(14-19(23)17-27)35(30,31)29-13-10-18-6-4-3-5-7-18/h3-9,11-12,14-16,29H,10,13,17H2,1-2H3. The highest BCUT2D eigenvalue weighted by molar-refractivity contribution is 7.89. The lowest BCUT2D eigenvalue weighted by molar-refractivity contribution is 0.355. The van der Waals surface area contributed by atoms with Gasteiger partial charge < -0.3 is 14.2 Å². The van der Waals surface area contributed by atoms with E-state index in [1.807, 2.05) is 30.3 Å². The molecule has 4 rings (SSSR count). The van der Waals surface area contributed by atoms with E-state index < -0.39 is 16.7 Å². The normalized spacial score (nSPS) is 11.4. The van der Waals surface area contributed by atoms with E-state index in [1.54, 1.807) is 24.4 Å². The first-order valence-electron chi connectivity index (χ1n) is 10.9. The molecule has 0 spiro atoms. The topological polar surface area (TPSA) is 86.8 Å². The summed E-state index contributed by atoms with van der Waals surface area (Å²) in [5.74, 6) is 1.63. The van der Waals surface area contributed by atoms with E-state index in [2.05, 4.69) is 9.71 Å². The smallest absolute Gasteiger partial charge is 0.240 e. The third-order valence-corrected chi connectivity index (χ3v) is 6.92. The average Bonchev–Trinajstić information content (AvgIpc) is 2.88. The first kappa shape index (κ1) is 24.4. The van der Waals surface area contributed by atoms with Gasteiger partial charge in [0.25, 0.3) is 0 Å². The number of ether oxygens (including phenoxy) is 3. The van der Waals surface area contributed by atoms with Crippen LogP contribution in [0.25, 0.3) is 10.9 Å². The zero-order valence-corrected chi connectivity index (χ0v) is 20.1. The van der Waals surface area contributed by atoms with Gasteiger partial charge in [0.2, 0.25) is 10.0 Å². The predicted molar refractivity (Wildman–Crippen MR) is 132 cm³/mol. The maximum Gasteiger partial charge on any atom is 0.240 e. The van der Waals surface area contributed by atoms with Crippen molar-refractivity contribution in [3.05, 3.63) is 84.1 Å². The van der Waals surface area contributed by atoms with Crippen LogP contribution in [0.3, 0.4) is 0 Å². The van der Waals surface area contributed by atoms with Crippen molar-refractivity contribution in [2.24, 2.45) is 0 Å². The molecule has 0 aliphatic heterocycles. The number of sulfonamides is 1. The van der Waals surface area contributed by atoms with Gasteiger partial charge in [0.15, 0.2) is 11.5 Å². The molecule has 0 unspecified atom stereocenters. The van der Waals surface area contributed by atoms with Crippen LogP contribution in [-0.4, -0.2) is 34.2 Å². The Bertz CT molecular complexity index is 1430. The van der Waals surface area contributed by atoms with E-state index >= 15 is 0 Å². The zero-order chi connectivity index (χ0) is 24.8. The number of methoxy groups -OCH3 is 2. The van der Waals surface area contributed by atoms with Crippen molar-refractivity contribution >= 4 is 20.9 Å². The third-order valence-electron chi connectivity index (χ3n) is 5.46. The lowest BCUT2D eigenvalue weighted by atomic mass is 10.1. The van der Waals surface area contributed by atoms with Crippen LogP contribution in [0.15, 0.2) is 77.8 Å². The molecule has 0 fully saturated rings. The van der Waals surface area contributed by atoms with Crippen LogP contribution in [0, 0.1) is 0 Å². The molecule has 182 valence electrons. The molecular weight excluding hydrogens is 471 g/mol. The van der Waals surface area contributed by atoms with Crippen LogP contribution in [0.2, 0.25) is 0 Å². The van der Waals surface area contributed by atoms with Gasteiger partial charge in [-0.05, 0) is 42.3 Å². The molecule has 0 amide bonds. The Balaban J connectivity index is 1.57. The fourth-order valence-corrected chi connectivity index (χ4v) is 4.72. The van der Waals surface area contributed by atoms with E-state index in [4.69, 9.17) is 14.2 Å². The number of rotatable bonds is 10. The lowest BCUT2D eigenvalue weighted by Gasteiger charge is -2.15. The van der Waals surface area contributed by atoms with E-state index in [9.17, 15) is 12.8 Å². The minimum absolute atomic E-state index is 0.0310. The molecular formula is C26H25FN2O5S. The second-order valence-corrected chi connectivity index (χ2v) is 9.44. The van der Waals surface area contributed by atoms with Crippen LogP contribution in [0.1, 0.15) is 11.1 Å². The summed E-state index contributed by atoms with van der Waals surface area (Å²) in [6, 6.07) is 18.8. The van der Waals surface area contributed by atoms with E-state index in [0.29, 0.717) is 34.6 Å². The lowest BCUT2D eigenvalue weighted by Crippen LogP contribution is -2.26. The summed E-state index contributed by atoms with van der Waals surface area (Å²) in [6.45, 7) is -0.674. The number of hydrogen-bond donors (Lipinski definition) is 1. The number of benzene rings is 3. The van der Waals surface area contributed by atoms with Crippen molar-refractivity contribution in [3.8, 4) is 23.0 Å². The number of aromatic nitrogens is 1. The number of fused-ring (bicyclic) bond motifs is 1. The highest BCUT2D eigenvalue weighted by atomic mass is 32.2. The van der Waals surface area contributed by atoms with Crippen molar-refractivity contribution in [1.82, 2.24) is 9.71 Å². The molecule has 0 aliphatic carbocycles. The quantitative estimate of drug-likeness (QED) is 0.331. The van der Waals surface area contributed by atoms with Crippen molar-refractivity contribution < 1.29 is 27.0 Å². The molecule has 7 nitrogen and oxygen atoms in total. The highest BCUT2D eigenvalue weighted by Gasteiger charge is 2.18. The van der Waals surface area contributed by atoms with Gasteiger partial charge in [0.05, 0.1) is 24.6 Å². The summed E-state index contributed by atoms with van der Waals surface area (Å²) in [4.78, 5) is 4.30. The Kier molecular flexibility index (Phi) is 7.48. The van der Waals surface area contributed by atoms with Crippen LogP contribution in [0.4, 0.5) is 4.39 Å². The molecule has 0 saturated carbocycles. The van der Waals surface area contributed by atoms with Crippen LogP contribution >= 0.6 is 0 Å². The van der Waals surface area contributed by atoms with Crippen molar-refractivity contribution in [3.63, 3.8) is 0 Å². The molecule has 1 heterocycles. The van der Waals surface area contributed by atoms with E-state index in [-0.39, 0.29) is 22.8 Å². The van der Waals surface area contributed by atoms with Gasteiger partial charge in [-0.25, -0.2) is 17.5 Å². The fraction of sp³-hybridized carbons (Fsp3) is 0.192. The van der Waals surface area contributed by atoms with Crippen molar-refractivity contribution in [2.75, 3.05) is 20.8 Å².